The Hall–Kier alpha value is -1.38. The monoisotopic (exact) mass is 209 g/mol. The molecule has 0 aliphatic heterocycles. The highest BCUT2D eigenvalue weighted by Gasteiger charge is 2.12. The van der Waals surface area contributed by atoms with Gasteiger partial charge < -0.3 is 4.74 Å². The van der Waals surface area contributed by atoms with Crippen molar-refractivity contribution < 1.29 is 13.9 Å². The van der Waals surface area contributed by atoms with Crippen molar-refractivity contribution in [2.24, 2.45) is 5.92 Å². The molecule has 1 atom stereocenters. The Bertz CT molecular complexity index is 336. The first-order valence-corrected chi connectivity index (χ1v) is 4.97. The zero-order chi connectivity index (χ0) is 11.3. The molecule has 3 heteroatoms. The normalized spacial score (nSPS) is 12.2. The quantitative estimate of drug-likeness (QED) is 0.713. The van der Waals surface area contributed by atoms with Crippen molar-refractivity contribution in [3.05, 3.63) is 35.6 Å². The Morgan fingerprint density at radius 1 is 1.67 bits per heavy atom. The van der Waals surface area contributed by atoms with E-state index in [0.29, 0.717) is 12.5 Å². The third kappa shape index (κ3) is 3.35. The first kappa shape index (κ1) is 11.7. The summed E-state index contributed by atoms with van der Waals surface area (Å²) in [5, 5.41) is 0. The number of rotatable bonds is 4. The lowest BCUT2D eigenvalue weighted by atomic mass is 10.1. The number of carbonyl (C=O) groups excluding carboxylic acids is 1. The van der Waals surface area contributed by atoms with E-state index in [1.165, 1.54) is 12.1 Å². The maximum Gasteiger partial charge on any atom is 0.341 e. The van der Waals surface area contributed by atoms with Crippen LogP contribution in [0.5, 0.6) is 0 Å². The Balaban J connectivity index is 2.58. The number of carbonyl (C=O) groups is 1. The number of hydrogen-bond acceptors (Lipinski definition) is 2. The Morgan fingerprint density at radius 2 is 2.40 bits per heavy atom. The van der Waals surface area contributed by atoms with Gasteiger partial charge in [-0.2, -0.15) is 0 Å². The summed E-state index contributed by atoms with van der Waals surface area (Å²) in [5.41, 5.74) is -0.0305. The van der Waals surface area contributed by atoms with Crippen LogP contribution in [0.2, 0.25) is 0 Å². The Kier molecular flexibility index (Phi) is 4.28. The summed E-state index contributed by atoms with van der Waals surface area (Å²) in [7, 11) is 0. The SMILES string of the molecule is CCC(C)COC(=O)c1cc[c]cc1F. The molecular weight excluding hydrogens is 195 g/mol. The number of hydrogen-bond donors (Lipinski definition) is 0. The Labute approximate surface area is 89.1 Å². The highest BCUT2D eigenvalue weighted by atomic mass is 19.1. The van der Waals surface area contributed by atoms with Crippen LogP contribution in [0.1, 0.15) is 30.6 Å². The summed E-state index contributed by atoms with van der Waals surface area (Å²) in [6, 6.07) is 6.53. The second kappa shape index (κ2) is 5.49. The van der Waals surface area contributed by atoms with Crippen LogP contribution in [0.15, 0.2) is 18.2 Å². The third-order valence-corrected chi connectivity index (χ3v) is 2.23. The standard InChI is InChI=1S/C12H14FO2/c1-3-9(2)8-15-12(14)10-6-4-5-7-11(10)13/h4,6-7,9H,3,8H2,1-2H3. The predicted molar refractivity (Wildman–Crippen MR) is 55.0 cm³/mol. The van der Waals surface area contributed by atoms with Crippen molar-refractivity contribution in [1.29, 1.82) is 0 Å². The first-order valence-electron chi connectivity index (χ1n) is 4.97. The maximum absolute atomic E-state index is 13.1. The van der Waals surface area contributed by atoms with Crippen LogP contribution in [0.4, 0.5) is 4.39 Å². The van der Waals surface area contributed by atoms with Gasteiger partial charge in [-0.1, -0.05) is 26.3 Å². The third-order valence-electron chi connectivity index (χ3n) is 2.23. The minimum Gasteiger partial charge on any atom is -0.462 e. The minimum absolute atomic E-state index is 0.0305. The number of ether oxygens (including phenoxy) is 1. The van der Waals surface area contributed by atoms with E-state index in [0.717, 1.165) is 12.5 Å². The molecule has 0 aliphatic carbocycles. The number of halogens is 1. The van der Waals surface area contributed by atoms with Gasteiger partial charge in [-0.25, -0.2) is 9.18 Å². The largest absolute Gasteiger partial charge is 0.462 e. The molecule has 0 aromatic heterocycles. The zero-order valence-corrected chi connectivity index (χ0v) is 8.92. The van der Waals surface area contributed by atoms with E-state index in [-0.39, 0.29) is 5.56 Å². The summed E-state index contributed by atoms with van der Waals surface area (Å²) >= 11 is 0. The van der Waals surface area contributed by atoms with Crippen molar-refractivity contribution >= 4 is 5.97 Å². The van der Waals surface area contributed by atoms with Crippen molar-refractivity contribution in [3.8, 4) is 0 Å². The van der Waals surface area contributed by atoms with Crippen LogP contribution < -0.4 is 0 Å². The summed E-state index contributed by atoms with van der Waals surface area (Å²) in [5.74, 6) is -0.902. The molecule has 0 bridgehead atoms. The molecule has 0 aliphatic rings. The molecule has 0 fully saturated rings. The van der Waals surface area contributed by atoms with E-state index in [1.54, 1.807) is 0 Å². The molecule has 1 aromatic carbocycles. The fraction of sp³-hybridized carbons (Fsp3) is 0.417. The van der Waals surface area contributed by atoms with E-state index < -0.39 is 11.8 Å². The van der Waals surface area contributed by atoms with Gasteiger partial charge in [0.15, 0.2) is 0 Å². The average Bonchev–Trinajstić information content (AvgIpc) is 2.26. The van der Waals surface area contributed by atoms with Gasteiger partial charge in [0.05, 0.1) is 12.2 Å². The molecule has 2 nitrogen and oxygen atoms in total. The number of benzene rings is 1. The zero-order valence-electron chi connectivity index (χ0n) is 8.92. The fourth-order valence-electron chi connectivity index (χ4n) is 0.989. The molecule has 0 heterocycles. The van der Waals surface area contributed by atoms with Gasteiger partial charge in [0, 0.05) is 0 Å². The van der Waals surface area contributed by atoms with E-state index in [2.05, 4.69) is 6.07 Å². The second-order valence-corrected chi connectivity index (χ2v) is 3.52. The van der Waals surface area contributed by atoms with Crippen LogP contribution in [-0.2, 0) is 4.74 Å². The smallest absolute Gasteiger partial charge is 0.341 e. The number of esters is 1. The summed E-state index contributed by atoms with van der Waals surface area (Å²) in [6.07, 6.45) is 0.929. The summed E-state index contributed by atoms with van der Waals surface area (Å²) < 4.78 is 18.1. The van der Waals surface area contributed by atoms with Crippen molar-refractivity contribution in [1.82, 2.24) is 0 Å². The second-order valence-electron chi connectivity index (χ2n) is 3.52. The first-order chi connectivity index (χ1) is 7.15. The molecular formula is C12H14FO2. The Morgan fingerprint density at radius 3 is 3.00 bits per heavy atom. The molecule has 81 valence electrons. The van der Waals surface area contributed by atoms with E-state index >= 15 is 0 Å². The van der Waals surface area contributed by atoms with Gasteiger partial charge in [0.25, 0.3) is 0 Å². The van der Waals surface area contributed by atoms with E-state index in [1.807, 2.05) is 13.8 Å². The van der Waals surface area contributed by atoms with Gasteiger partial charge >= 0.3 is 5.97 Å². The topological polar surface area (TPSA) is 26.3 Å². The van der Waals surface area contributed by atoms with Crippen LogP contribution in [-0.4, -0.2) is 12.6 Å². The van der Waals surface area contributed by atoms with Gasteiger partial charge in [-0.15, -0.1) is 0 Å². The lowest BCUT2D eigenvalue weighted by Crippen LogP contribution is -2.12. The molecule has 0 spiro atoms. The van der Waals surface area contributed by atoms with Gasteiger partial charge in [0.1, 0.15) is 5.82 Å². The van der Waals surface area contributed by atoms with Crippen LogP contribution in [0, 0.1) is 17.8 Å². The molecule has 0 N–H and O–H groups in total. The minimum atomic E-state index is -0.609. The van der Waals surface area contributed by atoms with Crippen LogP contribution in [0.3, 0.4) is 0 Å². The lowest BCUT2D eigenvalue weighted by Gasteiger charge is -2.09. The molecule has 0 saturated carbocycles. The van der Waals surface area contributed by atoms with Gasteiger partial charge in [-0.05, 0) is 24.1 Å². The van der Waals surface area contributed by atoms with Crippen molar-refractivity contribution in [2.75, 3.05) is 6.61 Å². The highest BCUT2D eigenvalue weighted by molar-refractivity contribution is 5.89. The van der Waals surface area contributed by atoms with E-state index in [4.69, 9.17) is 4.74 Å². The molecule has 1 unspecified atom stereocenters. The summed E-state index contributed by atoms with van der Waals surface area (Å²) in [4.78, 5) is 11.4. The van der Waals surface area contributed by atoms with Gasteiger partial charge in [-0.3, -0.25) is 0 Å². The maximum atomic E-state index is 13.1. The molecule has 1 rings (SSSR count). The molecule has 0 amide bonds. The van der Waals surface area contributed by atoms with Crippen LogP contribution >= 0.6 is 0 Å². The van der Waals surface area contributed by atoms with Crippen molar-refractivity contribution in [3.63, 3.8) is 0 Å². The molecule has 1 radical (unpaired) electrons. The lowest BCUT2D eigenvalue weighted by molar-refractivity contribution is 0.0442. The van der Waals surface area contributed by atoms with Crippen molar-refractivity contribution in [2.45, 2.75) is 20.3 Å². The van der Waals surface area contributed by atoms with Gasteiger partial charge in [0.2, 0.25) is 0 Å². The molecule has 0 saturated heterocycles. The highest BCUT2D eigenvalue weighted by Crippen LogP contribution is 2.09. The fourth-order valence-corrected chi connectivity index (χ4v) is 0.989. The van der Waals surface area contributed by atoms with E-state index in [9.17, 15) is 9.18 Å². The predicted octanol–water partition coefficient (Wildman–Crippen LogP) is 2.83. The summed E-state index contributed by atoms with van der Waals surface area (Å²) in [6.45, 7) is 4.31. The average molecular weight is 209 g/mol. The molecule has 1 aromatic rings. The van der Waals surface area contributed by atoms with Crippen LogP contribution in [0.25, 0.3) is 0 Å². The molecule has 15 heavy (non-hydrogen) atoms.